The molecule has 0 spiro atoms. The van der Waals surface area contributed by atoms with Gasteiger partial charge >= 0.3 is 0 Å². The van der Waals surface area contributed by atoms with Crippen LogP contribution in [-0.4, -0.2) is 20.0 Å². The first-order valence-electron chi connectivity index (χ1n) is 5.67. The van der Waals surface area contributed by atoms with E-state index in [9.17, 15) is 0 Å². The van der Waals surface area contributed by atoms with E-state index in [2.05, 4.69) is 20.6 Å². The molecule has 0 aliphatic rings. The van der Waals surface area contributed by atoms with E-state index >= 15 is 0 Å². The average molecular weight is 243 g/mol. The fourth-order valence-electron chi connectivity index (χ4n) is 1.76. The van der Waals surface area contributed by atoms with Gasteiger partial charge in [-0.25, -0.2) is 0 Å². The number of aromatic nitrogens is 4. The third-order valence-electron chi connectivity index (χ3n) is 2.61. The second kappa shape index (κ2) is 4.14. The highest BCUT2D eigenvalue weighted by atomic mass is 16.4. The van der Waals surface area contributed by atoms with Gasteiger partial charge in [0.25, 0.3) is 6.01 Å². The topological polar surface area (TPSA) is 68.8 Å². The zero-order chi connectivity index (χ0) is 12.5. The minimum Gasteiger partial charge on any atom is -0.424 e. The summed E-state index contributed by atoms with van der Waals surface area (Å²) >= 11 is 0. The molecular formula is C12H13N5O. The summed E-state index contributed by atoms with van der Waals surface area (Å²) in [6.45, 7) is 2.57. The zero-order valence-corrected chi connectivity index (χ0v) is 10.2. The molecule has 0 radical (unpaired) electrons. The van der Waals surface area contributed by atoms with Crippen LogP contribution in [0.15, 0.2) is 28.8 Å². The van der Waals surface area contributed by atoms with Gasteiger partial charge in [-0.15, -0.1) is 5.10 Å². The zero-order valence-electron chi connectivity index (χ0n) is 10.2. The molecule has 0 saturated heterocycles. The molecule has 0 amide bonds. The molecule has 6 nitrogen and oxygen atoms in total. The van der Waals surface area contributed by atoms with Gasteiger partial charge in [-0.1, -0.05) is 11.3 Å². The number of nitrogens with zero attached hydrogens (tertiary/aromatic N) is 4. The molecule has 1 N–H and O–H groups in total. The summed E-state index contributed by atoms with van der Waals surface area (Å²) in [6.07, 6.45) is 1.85. The van der Waals surface area contributed by atoms with Crippen LogP contribution in [0, 0.1) is 6.92 Å². The molecule has 0 bridgehead atoms. The molecule has 18 heavy (non-hydrogen) atoms. The Kier molecular flexibility index (Phi) is 2.47. The van der Waals surface area contributed by atoms with Gasteiger partial charge < -0.3 is 9.73 Å². The number of fused-ring (bicyclic) bond motifs is 1. The molecule has 3 aromatic rings. The molecule has 0 saturated carbocycles. The molecule has 0 fully saturated rings. The smallest absolute Gasteiger partial charge is 0.296 e. The van der Waals surface area contributed by atoms with Crippen molar-refractivity contribution < 1.29 is 4.42 Å². The molecule has 0 atom stereocenters. The van der Waals surface area contributed by atoms with Gasteiger partial charge in [-0.05, 0) is 24.6 Å². The Morgan fingerprint density at radius 2 is 2.28 bits per heavy atom. The predicted octanol–water partition coefficient (Wildman–Crippen LogP) is 1.88. The monoisotopic (exact) mass is 243 g/mol. The largest absolute Gasteiger partial charge is 0.424 e. The summed E-state index contributed by atoms with van der Waals surface area (Å²) in [5.74, 6) is 0. The van der Waals surface area contributed by atoms with Crippen molar-refractivity contribution >= 4 is 17.1 Å². The van der Waals surface area contributed by atoms with Crippen LogP contribution in [-0.2, 0) is 13.6 Å². The number of nitrogens with one attached hydrogen (secondary N) is 1. The van der Waals surface area contributed by atoms with Gasteiger partial charge in [-0.3, -0.25) is 4.68 Å². The molecule has 0 aliphatic heterocycles. The highest BCUT2D eigenvalue weighted by Crippen LogP contribution is 2.20. The fraction of sp³-hybridized carbons (Fsp3) is 0.250. The number of hydrogen-bond acceptors (Lipinski definition) is 5. The van der Waals surface area contributed by atoms with Crippen LogP contribution in [0.2, 0.25) is 0 Å². The van der Waals surface area contributed by atoms with E-state index in [1.807, 2.05) is 38.4 Å². The summed E-state index contributed by atoms with van der Waals surface area (Å²) in [6, 6.07) is 6.42. The van der Waals surface area contributed by atoms with Crippen molar-refractivity contribution in [3.63, 3.8) is 0 Å². The molecule has 3 rings (SSSR count). The molecule has 92 valence electrons. The van der Waals surface area contributed by atoms with Gasteiger partial charge in [0.05, 0.1) is 6.54 Å². The Hall–Kier alpha value is -2.37. The minimum absolute atomic E-state index is 0.501. The number of oxazole rings is 1. The van der Waals surface area contributed by atoms with E-state index in [4.69, 9.17) is 4.42 Å². The maximum atomic E-state index is 5.57. The number of benzene rings is 1. The van der Waals surface area contributed by atoms with Gasteiger partial charge in [0.1, 0.15) is 11.2 Å². The Labute approximate surface area is 104 Å². The summed E-state index contributed by atoms with van der Waals surface area (Å²) in [7, 11) is 1.83. The van der Waals surface area contributed by atoms with Crippen LogP contribution in [0.1, 0.15) is 11.3 Å². The normalized spacial score (nSPS) is 11.0. The van der Waals surface area contributed by atoms with E-state index in [0.717, 1.165) is 22.4 Å². The van der Waals surface area contributed by atoms with Crippen molar-refractivity contribution in [1.82, 2.24) is 20.0 Å². The van der Waals surface area contributed by atoms with Crippen LogP contribution < -0.4 is 5.32 Å². The van der Waals surface area contributed by atoms with Gasteiger partial charge in [-0.2, -0.15) is 4.98 Å². The summed E-state index contributed by atoms with van der Waals surface area (Å²) in [4.78, 5) is 4.36. The van der Waals surface area contributed by atoms with Crippen molar-refractivity contribution in [2.24, 2.45) is 7.05 Å². The number of anilines is 1. The van der Waals surface area contributed by atoms with Gasteiger partial charge in [0, 0.05) is 13.2 Å². The molecule has 0 aliphatic carbocycles. The Balaban J connectivity index is 1.78. The second-order valence-corrected chi connectivity index (χ2v) is 4.23. The standard InChI is InChI=1S/C12H13N5O/c1-8-3-4-11-10(5-8)14-12(18-11)13-6-9-7-17(2)16-15-9/h3-5,7H,6H2,1-2H3,(H,13,14). The summed E-state index contributed by atoms with van der Waals surface area (Å²) in [5, 5.41) is 10.9. The molecule has 0 unspecified atom stereocenters. The maximum absolute atomic E-state index is 5.57. The quantitative estimate of drug-likeness (QED) is 0.760. The molecule has 2 heterocycles. The third-order valence-corrected chi connectivity index (χ3v) is 2.61. The van der Waals surface area contributed by atoms with E-state index in [0.29, 0.717) is 12.6 Å². The lowest BCUT2D eigenvalue weighted by atomic mass is 10.2. The van der Waals surface area contributed by atoms with Crippen LogP contribution >= 0.6 is 0 Å². The molecule has 2 aromatic heterocycles. The molecular weight excluding hydrogens is 230 g/mol. The Morgan fingerprint density at radius 3 is 3.06 bits per heavy atom. The van der Waals surface area contributed by atoms with E-state index in [1.165, 1.54) is 0 Å². The van der Waals surface area contributed by atoms with Crippen molar-refractivity contribution in [2.45, 2.75) is 13.5 Å². The lowest BCUT2D eigenvalue weighted by molar-refractivity contribution is 0.613. The van der Waals surface area contributed by atoms with Crippen LogP contribution in [0.4, 0.5) is 6.01 Å². The van der Waals surface area contributed by atoms with Crippen molar-refractivity contribution in [3.05, 3.63) is 35.7 Å². The van der Waals surface area contributed by atoms with E-state index in [1.54, 1.807) is 4.68 Å². The molecule has 1 aromatic carbocycles. The van der Waals surface area contributed by atoms with Crippen LogP contribution in [0.3, 0.4) is 0 Å². The number of aryl methyl sites for hydroxylation is 2. The maximum Gasteiger partial charge on any atom is 0.296 e. The first-order chi connectivity index (χ1) is 8.70. The summed E-state index contributed by atoms with van der Waals surface area (Å²) < 4.78 is 7.23. The van der Waals surface area contributed by atoms with Crippen LogP contribution in [0.5, 0.6) is 0 Å². The average Bonchev–Trinajstić information content (AvgIpc) is 2.92. The van der Waals surface area contributed by atoms with Crippen molar-refractivity contribution in [3.8, 4) is 0 Å². The molecule has 6 heteroatoms. The number of hydrogen-bond donors (Lipinski definition) is 1. The van der Waals surface area contributed by atoms with Crippen molar-refractivity contribution in [2.75, 3.05) is 5.32 Å². The first kappa shape index (κ1) is 10.8. The predicted molar refractivity (Wildman–Crippen MR) is 67.1 cm³/mol. The van der Waals surface area contributed by atoms with Crippen LogP contribution in [0.25, 0.3) is 11.1 Å². The highest BCUT2D eigenvalue weighted by molar-refractivity contribution is 5.75. The number of rotatable bonds is 3. The highest BCUT2D eigenvalue weighted by Gasteiger charge is 2.06. The SMILES string of the molecule is Cc1ccc2oc(NCc3cn(C)nn3)nc2c1. The fourth-order valence-corrected chi connectivity index (χ4v) is 1.76. The van der Waals surface area contributed by atoms with E-state index < -0.39 is 0 Å². The second-order valence-electron chi connectivity index (χ2n) is 4.23. The lowest BCUT2D eigenvalue weighted by Gasteiger charge is -1.95. The third kappa shape index (κ3) is 2.04. The first-order valence-corrected chi connectivity index (χ1v) is 5.67. The minimum atomic E-state index is 0.501. The van der Waals surface area contributed by atoms with Crippen molar-refractivity contribution in [1.29, 1.82) is 0 Å². The van der Waals surface area contributed by atoms with Gasteiger partial charge in [0.2, 0.25) is 0 Å². The lowest BCUT2D eigenvalue weighted by Crippen LogP contribution is -1.99. The summed E-state index contributed by atoms with van der Waals surface area (Å²) in [5.41, 5.74) is 3.64. The van der Waals surface area contributed by atoms with Gasteiger partial charge in [0.15, 0.2) is 5.58 Å². The Morgan fingerprint density at radius 1 is 1.39 bits per heavy atom. The Bertz CT molecular complexity index is 685. The van der Waals surface area contributed by atoms with E-state index in [-0.39, 0.29) is 0 Å².